The van der Waals surface area contributed by atoms with Crippen LogP contribution in [0.5, 0.6) is 0 Å². The molecule has 0 N–H and O–H groups in total. The molecule has 3 rings (SSSR count). The second-order valence-electron chi connectivity index (χ2n) is 5.57. The number of pyridine rings is 2. The first kappa shape index (κ1) is 15.7. The van der Waals surface area contributed by atoms with Crippen LogP contribution < -0.4 is 4.90 Å². The van der Waals surface area contributed by atoms with Crippen LogP contribution in [0.2, 0.25) is 5.02 Å². The molecule has 5 nitrogen and oxygen atoms in total. The zero-order chi connectivity index (χ0) is 16.1. The minimum atomic E-state index is 0.145. The zero-order valence-electron chi connectivity index (χ0n) is 12.9. The fraction of sp³-hybridized carbons (Fsp3) is 0.353. The highest BCUT2D eigenvalue weighted by Gasteiger charge is 2.21. The van der Waals surface area contributed by atoms with Crippen molar-refractivity contribution in [3.8, 4) is 0 Å². The fourth-order valence-corrected chi connectivity index (χ4v) is 3.02. The second kappa shape index (κ2) is 7.42. The highest BCUT2D eigenvalue weighted by atomic mass is 35.5. The Kier molecular flexibility index (Phi) is 5.08. The zero-order valence-corrected chi connectivity index (χ0v) is 13.6. The van der Waals surface area contributed by atoms with E-state index in [-0.39, 0.29) is 5.91 Å². The molecule has 6 heteroatoms. The minimum Gasteiger partial charge on any atom is -0.354 e. The van der Waals surface area contributed by atoms with Gasteiger partial charge in [0.2, 0.25) is 5.91 Å². The lowest BCUT2D eigenvalue weighted by Crippen LogP contribution is -2.36. The highest BCUT2D eigenvalue weighted by Crippen LogP contribution is 2.23. The molecule has 1 fully saturated rings. The number of aromatic nitrogens is 2. The van der Waals surface area contributed by atoms with E-state index in [2.05, 4.69) is 14.9 Å². The molecule has 1 amide bonds. The Balaban J connectivity index is 1.62. The van der Waals surface area contributed by atoms with Gasteiger partial charge >= 0.3 is 0 Å². The Morgan fingerprint density at radius 2 is 2.00 bits per heavy atom. The molecule has 0 spiro atoms. The third-order valence-electron chi connectivity index (χ3n) is 3.97. The van der Waals surface area contributed by atoms with Crippen molar-refractivity contribution >= 4 is 23.3 Å². The third-order valence-corrected chi connectivity index (χ3v) is 4.26. The SMILES string of the molecule is O=C(Cc1cccnc1)N1CCCN(c2ncccc2Cl)CC1. The summed E-state index contributed by atoms with van der Waals surface area (Å²) in [4.78, 5) is 25.0. The van der Waals surface area contributed by atoms with E-state index in [1.165, 1.54) is 0 Å². The van der Waals surface area contributed by atoms with Gasteiger partial charge in [-0.15, -0.1) is 0 Å². The molecule has 0 saturated carbocycles. The van der Waals surface area contributed by atoms with Gasteiger partial charge in [-0.25, -0.2) is 4.98 Å². The van der Waals surface area contributed by atoms with Crippen LogP contribution in [-0.4, -0.2) is 47.0 Å². The highest BCUT2D eigenvalue weighted by molar-refractivity contribution is 6.32. The van der Waals surface area contributed by atoms with Gasteiger partial charge in [-0.3, -0.25) is 9.78 Å². The molecule has 0 atom stereocenters. The smallest absolute Gasteiger partial charge is 0.227 e. The Bertz CT molecular complexity index is 665. The van der Waals surface area contributed by atoms with E-state index in [0.717, 1.165) is 37.4 Å². The van der Waals surface area contributed by atoms with Crippen molar-refractivity contribution in [2.45, 2.75) is 12.8 Å². The van der Waals surface area contributed by atoms with E-state index < -0.39 is 0 Å². The van der Waals surface area contributed by atoms with Crippen LogP contribution in [0, 0.1) is 0 Å². The lowest BCUT2D eigenvalue weighted by atomic mass is 10.2. The lowest BCUT2D eigenvalue weighted by molar-refractivity contribution is -0.130. The van der Waals surface area contributed by atoms with Crippen molar-refractivity contribution in [1.82, 2.24) is 14.9 Å². The summed E-state index contributed by atoms with van der Waals surface area (Å²) in [7, 11) is 0. The van der Waals surface area contributed by atoms with Gasteiger partial charge in [0.1, 0.15) is 5.82 Å². The summed E-state index contributed by atoms with van der Waals surface area (Å²) in [5, 5.41) is 0.655. The maximum Gasteiger partial charge on any atom is 0.227 e. The average molecular weight is 331 g/mol. The van der Waals surface area contributed by atoms with Gasteiger partial charge < -0.3 is 9.80 Å². The van der Waals surface area contributed by atoms with Crippen LogP contribution in [0.25, 0.3) is 0 Å². The third kappa shape index (κ3) is 3.99. The first-order valence-corrected chi connectivity index (χ1v) is 8.14. The molecule has 3 heterocycles. The van der Waals surface area contributed by atoms with Crippen molar-refractivity contribution in [3.63, 3.8) is 0 Å². The Morgan fingerprint density at radius 1 is 1.13 bits per heavy atom. The normalized spacial score (nSPS) is 15.3. The summed E-state index contributed by atoms with van der Waals surface area (Å²) >= 11 is 6.23. The number of hydrogen-bond acceptors (Lipinski definition) is 4. The van der Waals surface area contributed by atoms with Crippen LogP contribution in [0.4, 0.5) is 5.82 Å². The second-order valence-corrected chi connectivity index (χ2v) is 5.98. The van der Waals surface area contributed by atoms with E-state index in [1.54, 1.807) is 18.6 Å². The molecule has 120 valence electrons. The van der Waals surface area contributed by atoms with Gasteiger partial charge in [-0.05, 0) is 30.2 Å². The first-order chi connectivity index (χ1) is 11.2. The van der Waals surface area contributed by atoms with Crippen molar-refractivity contribution in [3.05, 3.63) is 53.4 Å². The molecule has 0 radical (unpaired) electrons. The quantitative estimate of drug-likeness (QED) is 0.867. The molecule has 1 aliphatic rings. The van der Waals surface area contributed by atoms with Crippen LogP contribution in [0.3, 0.4) is 0 Å². The number of carbonyl (C=O) groups excluding carboxylic acids is 1. The maximum absolute atomic E-state index is 12.5. The number of rotatable bonds is 3. The fourth-order valence-electron chi connectivity index (χ4n) is 2.78. The minimum absolute atomic E-state index is 0.145. The summed E-state index contributed by atoms with van der Waals surface area (Å²) in [6, 6.07) is 7.46. The summed E-state index contributed by atoms with van der Waals surface area (Å²) in [6.45, 7) is 3.05. The number of amides is 1. The molecule has 23 heavy (non-hydrogen) atoms. The molecular formula is C17H19ClN4O. The van der Waals surface area contributed by atoms with Crippen LogP contribution >= 0.6 is 11.6 Å². The van der Waals surface area contributed by atoms with Gasteiger partial charge in [-0.2, -0.15) is 0 Å². The molecule has 2 aromatic rings. The molecule has 0 unspecified atom stereocenters. The summed E-state index contributed by atoms with van der Waals surface area (Å²) in [6.07, 6.45) is 6.52. The van der Waals surface area contributed by atoms with Gasteiger partial charge in [-0.1, -0.05) is 17.7 Å². The predicted octanol–water partition coefficient (Wildman–Crippen LogP) is 2.41. The van der Waals surface area contributed by atoms with Gasteiger partial charge in [0.05, 0.1) is 11.4 Å². The molecule has 1 saturated heterocycles. The molecule has 0 aliphatic carbocycles. The van der Waals surface area contributed by atoms with E-state index in [4.69, 9.17) is 11.6 Å². The number of anilines is 1. The van der Waals surface area contributed by atoms with Gasteiger partial charge in [0.25, 0.3) is 0 Å². The van der Waals surface area contributed by atoms with E-state index in [1.807, 2.05) is 29.2 Å². The first-order valence-electron chi connectivity index (χ1n) is 7.76. The Hall–Kier alpha value is -2.14. The van der Waals surface area contributed by atoms with Gasteiger partial charge in [0.15, 0.2) is 0 Å². The van der Waals surface area contributed by atoms with Crippen molar-refractivity contribution in [2.24, 2.45) is 0 Å². The van der Waals surface area contributed by atoms with Crippen LogP contribution in [-0.2, 0) is 11.2 Å². The molecule has 0 bridgehead atoms. The Morgan fingerprint density at radius 3 is 2.78 bits per heavy atom. The Labute approximate surface area is 140 Å². The maximum atomic E-state index is 12.5. The summed E-state index contributed by atoms with van der Waals surface area (Å²) < 4.78 is 0. The number of halogens is 1. The van der Waals surface area contributed by atoms with Crippen molar-refractivity contribution in [2.75, 3.05) is 31.1 Å². The topological polar surface area (TPSA) is 49.3 Å². The van der Waals surface area contributed by atoms with Crippen LogP contribution in [0.15, 0.2) is 42.9 Å². The molecule has 0 aromatic carbocycles. The summed E-state index contributed by atoms with van der Waals surface area (Å²) in [5.41, 5.74) is 0.950. The van der Waals surface area contributed by atoms with E-state index >= 15 is 0 Å². The van der Waals surface area contributed by atoms with Crippen molar-refractivity contribution in [1.29, 1.82) is 0 Å². The molecule has 2 aromatic heterocycles. The number of nitrogens with zero attached hydrogens (tertiary/aromatic N) is 4. The van der Waals surface area contributed by atoms with Crippen LogP contribution in [0.1, 0.15) is 12.0 Å². The number of carbonyl (C=O) groups is 1. The molecular weight excluding hydrogens is 312 g/mol. The van der Waals surface area contributed by atoms with E-state index in [9.17, 15) is 4.79 Å². The monoisotopic (exact) mass is 330 g/mol. The largest absolute Gasteiger partial charge is 0.354 e. The lowest BCUT2D eigenvalue weighted by Gasteiger charge is -2.23. The standard InChI is InChI=1S/C17H19ClN4O/c18-15-5-2-7-20-17(15)22-9-3-8-21(10-11-22)16(23)12-14-4-1-6-19-13-14/h1-2,4-7,13H,3,8-12H2. The average Bonchev–Trinajstić information content (AvgIpc) is 2.82. The van der Waals surface area contributed by atoms with Gasteiger partial charge in [0, 0.05) is 44.8 Å². The number of hydrogen-bond donors (Lipinski definition) is 0. The predicted molar refractivity (Wildman–Crippen MR) is 90.6 cm³/mol. The summed E-state index contributed by atoms with van der Waals surface area (Å²) in [5.74, 6) is 0.947. The van der Waals surface area contributed by atoms with Crippen molar-refractivity contribution < 1.29 is 4.79 Å². The van der Waals surface area contributed by atoms with E-state index in [0.29, 0.717) is 18.0 Å². The molecule has 1 aliphatic heterocycles.